The second kappa shape index (κ2) is 9.92. The first-order valence-electron chi connectivity index (χ1n) is 4.85. The average Bonchev–Trinajstić information content (AvgIpc) is 2.16. The zero-order valence-electron chi connectivity index (χ0n) is 9.20. The van der Waals surface area contributed by atoms with Crippen molar-refractivity contribution in [2.75, 3.05) is 10.7 Å². The highest BCUT2D eigenvalue weighted by molar-refractivity contribution is 14.1. The van der Waals surface area contributed by atoms with Gasteiger partial charge in [0.2, 0.25) is 0 Å². The maximum absolute atomic E-state index is 9.04. The molecule has 0 atom stereocenters. The number of hydrogen-bond donors (Lipinski definition) is 2. The van der Waals surface area contributed by atoms with Gasteiger partial charge in [-0.1, -0.05) is 24.1 Å². The molecule has 1 aromatic rings. The summed E-state index contributed by atoms with van der Waals surface area (Å²) in [4.78, 5) is 5.40. The van der Waals surface area contributed by atoms with E-state index < -0.39 is 21.2 Å². The Balaban J connectivity index is 0.000000241. The van der Waals surface area contributed by atoms with E-state index in [2.05, 4.69) is 4.98 Å². The fourth-order valence-electron chi connectivity index (χ4n) is 0.864. The molecule has 1 saturated carbocycles. The Labute approximate surface area is 111 Å². The molecule has 0 aliphatic heterocycles. The van der Waals surface area contributed by atoms with Crippen molar-refractivity contribution in [2.45, 2.75) is 25.3 Å². The molecular weight excluding hydrogens is 340 g/mol. The Morgan fingerprint density at radius 1 is 1.50 bits per heavy atom. The third kappa shape index (κ3) is 8.99. The number of nitrogens with two attached hydrogens (primary N) is 2. The molecule has 1 aliphatic rings. The van der Waals surface area contributed by atoms with Gasteiger partial charge in [0.15, 0.2) is 0 Å². The Kier molecular flexibility index (Phi) is 9.75. The summed E-state index contributed by atoms with van der Waals surface area (Å²) >= 11 is 4.79. The fourth-order valence-corrected chi connectivity index (χ4v) is 1.03. The summed E-state index contributed by atoms with van der Waals surface area (Å²) in [5.74, 6) is 0.456. The first-order chi connectivity index (χ1) is 7.60. The van der Waals surface area contributed by atoms with Crippen LogP contribution in [0.3, 0.4) is 0 Å². The van der Waals surface area contributed by atoms with Crippen LogP contribution in [-0.2, 0) is 3.07 Å². The fraction of sp³-hybridized carbons (Fsp3) is 0.500. The van der Waals surface area contributed by atoms with Gasteiger partial charge >= 0.3 is 0 Å². The highest BCUT2D eigenvalue weighted by Crippen LogP contribution is 2.14. The molecule has 0 amide bonds. The Morgan fingerprint density at radius 3 is 2.19 bits per heavy atom. The lowest BCUT2D eigenvalue weighted by Gasteiger charge is -2.18. The quantitative estimate of drug-likeness (QED) is 0.425. The summed E-state index contributed by atoms with van der Waals surface area (Å²) in [5.41, 5.74) is 10.6. The van der Waals surface area contributed by atoms with E-state index in [0.717, 1.165) is 0 Å². The van der Waals surface area contributed by atoms with Crippen molar-refractivity contribution in [1.82, 2.24) is 4.98 Å². The van der Waals surface area contributed by atoms with Crippen molar-refractivity contribution < 1.29 is 3.07 Å². The van der Waals surface area contributed by atoms with Crippen molar-refractivity contribution in [3.05, 3.63) is 23.4 Å². The molecule has 0 unspecified atom stereocenters. The van der Waals surface area contributed by atoms with E-state index in [4.69, 9.17) is 26.1 Å². The molecule has 4 N–H and O–H groups in total. The molecule has 0 aromatic carbocycles. The predicted molar refractivity (Wildman–Crippen MR) is 76.1 cm³/mol. The number of nitrogen functional groups attached to an aromatic ring is 1. The van der Waals surface area contributed by atoms with E-state index in [1.165, 1.54) is 19.3 Å². The first kappa shape index (κ1) is 15.7. The molecule has 2 rings (SSSR count). The summed E-state index contributed by atoms with van der Waals surface area (Å²) in [7, 11) is 0. The standard InChI is InChI=1S/C5H5ClN2.C4H9N.CH3IO/c6-4-2-1-3-5(7)8-4;5-4-2-1-3-4;1-2-3/h1-3H,(H2,7,8);4H,1-3,5H2;1H3. The number of alkyl halides is 1. The van der Waals surface area contributed by atoms with E-state index in [0.29, 0.717) is 17.0 Å². The Hall–Kier alpha value is -0.270. The monoisotopic (exact) mass is 357 g/mol. The van der Waals surface area contributed by atoms with Gasteiger partial charge in [0, 0.05) is 11.0 Å². The summed E-state index contributed by atoms with van der Waals surface area (Å²) in [6.45, 7) is 0. The van der Waals surface area contributed by atoms with E-state index in [9.17, 15) is 0 Å². The van der Waals surface area contributed by atoms with Crippen molar-refractivity contribution >= 4 is 38.6 Å². The number of hydrogen-bond acceptors (Lipinski definition) is 4. The van der Waals surface area contributed by atoms with Crippen LogP contribution >= 0.6 is 32.8 Å². The van der Waals surface area contributed by atoms with Crippen LogP contribution < -0.4 is 11.5 Å². The van der Waals surface area contributed by atoms with Crippen LogP contribution in [0.15, 0.2) is 18.2 Å². The second-order valence-corrected chi connectivity index (χ2v) is 4.50. The topological polar surface area (TPSA) is 82.0 Å². The molecule has 0 bridgehead atoms. The molecule has 6 heteroatoms. The van der Waals surface area contributed by atoms with Crippen LogP contribution in [0.1, 0.15) is 19.3 Å². The van der Waals surface area contributed by atoms with Gasteiger partial charge in [-0.25, -0.2) is 4.98 Å². The van der Waals surface area contributed by atoms with Gasteiger partial charge in [0.25, 0.3) is 0 Å². The summed E-state index contributed by atoms with van der Waals surface area (Å²) in [6.07, 6.45) is 3.89. The number of nitrogens with zero attached hydrogens (tertiary/aromatic N) is 1. The largest absolute Gasteiger partial charge is 0.384 e. The van der Waals surface area contributed by atoms with Crippen LogP contribution in [0.25, 0.3) is 0 Å². The van der Waals surface area contributed by atoms with E-state index in [1.807, 2.05) is 0 Å². The van der Waals surface area contributed by atoms with Crippen molar-refractivity contribution in [2.24, 2.45) is 5.73 Å². The maximum atomic E-state index is 9.04. The van der Waals surface area contributed by atoms with Crippen LogP contribution in [0.4, 0.5) is 5.82 Å². The predicted octanol–water partition coefficient (Wildman–Crippen LogP) is 2.75. The minimum absolute atomic E-state index is 0.435. The third-order valence-corrected chi connectivity index (χ3v) is 2.10. The zero-order valence-corrected chi connectivity index (χ0v) is 12.1. The molecule has 92 valence electrons. The van der Waals surface area contributed by atoms with Crippen molar-refractivity contribution in [3.63, 3.8) is 0 Å². The van der Waals surface area contributed by atoms with Crippen LogP contribution in [0.5, 0.6) is 0 Å². The van der Waals surface area contributed by atoms with E-state index >= 15 is 0 Å². The van der Waals surface area contributed by atoms with Gasteiger partial charge in [0.05, 0.1) is 0 Å². The smallest absolute Gasteiger partial charge is 0.140 e. The van der Waals surface area contributed by atoms with Crippen molar-refractivity contribution in [3.8, 4) is 0 Å². The molecule has 1 heterocycles. The minimum Gasteiger partial charge on any atom is -0.384 e. The van der Waals surface area contributed by atoms with Gasteiger partial charge < -0.3 is 11.5 Å². The molecule has 0 radical (unpaired) electrons. The first-order valence-corrected chi connectivity index (χ1v) is 8.27. The maximum Gasteiger partial charge on any atom is 0.140 e. The van der Waals surface area contributed by atoms with Crippen LogP contribution in [0.2, 0.25) is 5.15 Å². The van der Waals surface area contributed by atoms with Crippen LogP contribution in [-0.4, -0.2) is 16.0 Å². The number of rotatable bonds is 0. The second-order valence-electron chi connectivity index (χ2n) is 3.23. The summed E-state index contributed by atoms with van der Waals surface area (Å²) < 4.78 is 9.04. The minimum atomic E-state index is -0.660. The Bertz CT molecular complexity index is 291. The zero-order chi connectivity index (χ0) is 12.4. The highest BCUT2D eigenvalue weighted by Gasteiger charge is 2.09. The number of aromatic nitrogens is 1. The molecule has 0 spiro atoms. The average molecular weight is 358 g/mol. The molecule has 1 aromatic heterocycles. The summed E-state index contributed by atoms with van der Waals surface area (Å²) in [5, 5.41) is 0.435. The lowest BCUT2D eigenvalue weighted by Crippen LogP contribution is -2.27. The van der Waals surface area contributed by atoms with Gasteiger partial charge in [-0.2, -0.15) is 0 Å². The highest BCUT2D eigenvalue weighted by atomic mass is 127. The normalized spacial score (nSPS) is 13.7. The van der Waals surface area contributed by atoms with Crippen LogP contribution in [0, 0.1) is 0 Å². The molecule has 1 fully saturated rings. The van der Waals surface area contributed by atoms with Gasteiger partial charge in [-0.3, -0.25) is 3.07 Å². The molecule has 16 heavy (non-hydrogen) atoms. The van der Waals surface area contributed by atoms with Gasteiger partial charge in [-0.05, 0) is 25.0 Å². The van der Waals surface area contributed by atoms with Crippen molar-refractivity contribution in [1.29, 1.82) is 0 Å². The SMILES string of the molecule is CI=O.NC1CCC1.Nc1cccc(Cl)n1. The van der Waals surface area contributed by atoms with Gasteiger partial charge in [0.1, 0.15) is 32.2 Å². The number of halogens is 2. The molecule has 0 saturated heterocycles. The van der Waals surface area contributed by atoms with Gasteiger partial charge in [-0.15, -0.1) is 0 Å². The number of pyridine rings is 1. The summed E-state index contributed by atoms with van der Waals surface area (Å²) in [6, 6.07) is 5.68. The lowest BCUT2D eigenvalue weighted by molar-refractivity contribution is 0.418. The third-order valence-electron chi connectivity index (χ3n) is 1.89. The molecule has 1 aliphatic carbocycles. The Morgan fingerprint density at radius 2 is 2.00 bits per heavy atom. The molecule has 4 nitrogen and oxygen atoms in total. The lowest BCUT2D eigenvalue weighted by atomic mass is 9.95. The van der Waals surface area contributed by atoms with E-state index in [-0.39, 0.29) is 0 Å². The molecular formula is C10H17ClIN3O. The van der Waals surface area contributed by atoms with E-state index in [1.54, 1.807) is 23.1 Å². The number of anilines is 1.